The summed E-state index contributed by atoms with van der Waals surface area (Å²) in [6.45, 7) is 1.68. The maximum atomic E-state index is 12.9. The zero-order chi connectivity index (χ0) is 14.0. The van der Waals surface area contributed by atoms with E-state index in [1.807, 2.05) is 0 Å². The Hall–Kier alpha value is -1.10. The molecule has 100 valence electrons. The van der Waals surface area contributed by atoms with Gasteiger partial charge < -0.3 is 9.84 Å². The SMILES string of the molecule is C[C@@H](O)c1ccc(Oc2ccc(F)cc2Cl)c(Br)c1. The van der Waals surface area contributed by atoms with Crippen molar-refractivity contribution >= 4 is 27.5 Å². The van der Waals surface area contributed by atoms with Crippen LogP contribution in [0.2, 0.25) is 5.02 Å². The lowest BCUT2D eigenvalue weighted by molar-refractivity contribution is 0.199. The zero-order valence-corrected chi connectivity index (χ0v) is 12.4. The molecule has 0 amide bonds. The van der Waals surface area contributed by atoms with Gasteiger partial charge in [-0.05, 0) is 58.7 Å². The first kappa shape index (κ1) is 14.3. The summed E-state index contributed by atoms with van der Waals surface area (Å²) in [6.07, 6.45) is -0.556. The molecule has 2 aromatic carbocycles. The van der Waals surface area contributed by atoms with Gasteiger partial charge in [-0.25, -0.2) is 4.39 Å². The van der Waals surface area contributed by atoms with Gasteiger partial charge >= 0.3 is 0 Å². The van der Waals surface area contributed by atoms with Crippen molar-refractivity contribution in [3.63, 3.8) is 0 Å². The van der Waals surface area contributed by atoms with Gasteiger partial charge in [0.25, 0.3) is 0 Å². The third-order valence-corrected chi connectivity index (χ3v) is 3.47. The van der Waals surface area contributed by atoms with Crippen molar-refractivity contribution in [3.05, 3.63) is 57.3 Å². The zero-order valence-electron chi connectivity index (χ0n) is 10.0. The highest BCUT2D eigenvalue weighted by Gasteiger charge is 2.09. The van der Waals surface area contributed by atoms with E-state index in [0.717, 1.165) is 5.56 Å². The molecule has 0 fully saturated rings. The van der Waals surface area contributed by atoms with Crippen molar-refractivity contribution in [2.75, 3.05) is 0 Å². The van der Waals surface area contributed by atoms with Crippen LogP contribution in [0.4, 0.5) is 4.39 Å². The van der Waals surface area contributed by atoms with E-state index in [4.69, 9.17) is 16.3 Å². The summed E-state index contributed by atoms with van der Waals surface area (Å²) in [5, 5.41) is 9.68. The third kappa shape index (κ3) is 3.47. The lowest BCUT2D eigenvalue weighted by Gasteiger charge is -2.11. The second-order valence-corrected chi connectivity index (χ2v) is 5.30. The first-order chi connectivity index (χ1) is 8.97. The van der Waals surface area contributed by atoms with Gasteiger partial charge in [-0.15, -0.1) is 0 Å². The van der Waals surface area contributed by atoms with E-state index < -0.39 is 11.9 Å². The minimum absolute atomic E-state index is 0.200. The molecule has 1 atom stereocenters. The van der Waals surface area contributed by atoms with E-state index in [9.17, 15) is 9.50 Å². The van der Waals surface area contributed by atoms with Crippen molar-refractivity contribution in [1.29, 1.82) is 0 Å². The van der Waals surface area contributed by atoms with Crippen molar-refractivity contribution in [3.8, 4) is 11.5 Å². The highest BCUT2D eigenvalue weighted by Crippen LogP contribution is 2.35. The van der Waals surface area contributed by atoms with Crippen LogP contribution in [-0.4, -0.2) is 5.11 Å². The summed E-state index contributed by atoms with van der Waals surface area (Å²) in [5.41, 5.74) is 0.768. The van der Waals surface area contributed by atoms with Gasteiger partial charge in [0.05, 0.1) is 15.6 Å². The minimum Gasteiger partial charge on any atom is -0.455 e. The fourth-order valence-electron chi connectivity index (χ4n) is 1.54. The number of ether oxygens (including phenoxy) is 1. The molecule has 0 spiro atoms. The van der Waals surface area contributed by atoms with Gasteiger partial charge in [0.1, 0.15) is 17.3 Å². The molecule has 19 heavy (non-hydrogen) atoms. The van der Waals surface area contributed by atoms with Crippen molar-refractivity contribution < 1.29 is 14.2 Å². The molecule has 1 N–H and O–H groups in total. The number of aliphatic hydroxyl groups excluding tert-OH is 1. The molecule has 0 aliphatic carbocycles. The van der Waals surface area contributed by atoms with Crippen LogP contribution in [0.3, 0.4) is 0 Å². The number of aliphatic hydroxyl groups is 1. The molecule has 0 aromatic heterocycles. The lowest BCUT2D eigenvalue weighted by Crippen LogP contribution is -1.93. The molecule has 0 aliphatic heterocycles. The van der Waals surface area contributed by atoms with Crippen molar-refractivity contribution in [2.45, 2.75) is 13.0 Å². The standard InChI is InChI=1S/C14H11BrClFO2/c1-8(18)9-2-4-13(11(15)6-9)19-14-5-3-10(17)7-12(14)16/h2-8,18H,1H3/t8-/m1/s1. The Labute approximate surface area is 123 Å². The van der Waals surface area contributed by atoms with Crippen molar-refractivity contribution in [1.82, 2.24) is 0 Å². The van der Waals surface area contributed by atoms with E-state index in [-0.39, 0.29) is 5.02 Å². The number of benzene rings is 2. The first-order valence-electron chi connectivity index (χ1n) is 5.58. The molecular weight excluding hydrogens is 335 g/mol. The van der Waals surface area contributed by atoms with Crippen LogP contribution in [0, 0.1) is 5.82 Å². The Kier molecular flexibility index (Phi) is 4.45. The Morgan fingerprint density at radius 1 is 1.21 bits per heavy atom. The second-order valence-electron chi connectivity index (χ2n) is 4.04. The molecule has 0 saturated heterocycles. The lowest BCUT2D eigenvalue weighted by atomic mass is 10.1. The highest BCUT2D eigenvalue weighted by atomic mass is 79.9. The Balaban J connectivity index is 2.28. The van der Waals surface area contributed by atoms with E-state index in [0.29, 0.717) is 16.0 Å². The van der Waals surface area contributed by atoms with E-state index in [2.05, 4.69) is 15.9 Å². The van der Waals surface area contributed by atoms with E-state index in [1.165, 1.54) is 18.2 Å². The summed E-state index contributed by atoms with van der Waals surface area (Å²) < 4.78 is 19.2. The number of hydrogen-bond acceptors (Lipinski definition) is 2. The average molecular weight is 346 g/mol. The summed E-state index contributed by atoms with van der Waals surface area (Å²) in [7, 11) is 0. The van der Waals surface area contributed by atoms with Crippen LogP contribution in [-0.2, 0) is 0 Å². The molecule has 0 saturated carbocycles. The van der Waals surface area contributed by atoms with Gasteiger partial charge in [0, 0.05) is 0 Å². The molecule has 5 heteroatoms. The molecule has 0 heterocycles. The topological polar surface area (TPSA) is 29.5 Å². The second kappa shape index (κ2) is 5.90. The molecule has 0 unspecified atom stereocenters. The molecule has 0 bridgehead atoms. The van der Waals surface area contributed by atoms with Crippen LogP contribution in [0.25, 0.3) is 0 Å². The largest absolute Gasteiger partial charge is 0.455 e. The highest BCUT2D eigenvalue weighted by molar-refractivity contribution is 9.10. The Morgan fingerprint density at radius 3 is 2.47 bits per heavy atom. The van der Waals surface area contributed by atoms with Gasteiger partial charge in [-0.2, -0.15) is 0 Å². The van der Waals surface area contributed by atoms with Gasteiger partial charge in [0.2, 0.25) is 0 Å². The summed E-state index contributed by atoms with van der Waals surface area (Å²) in [6, 6.07) is 9.16. The predicted molar refractivity (Wildman–Crippen MR) is 76.3 cm³/mol. The van der Waals surface area contributed by atoms with Gasteiger partial charge in [-0.3, -0.25) is 0 Å². The monoisotopic (exact) mass is 344 g/mol. The first-order valence-corrected chi connectivity index (χ1v) is 6.75. The number of halogens is 3. The fraction of sp³-hybridized carbons (Fsp3) is 0.143. The van der Waals surface area contributed by atoms with Crippen molar-refractivity contribution in [2.24, 2.45) is 0 Å². The maximum absolute atomic E-state index is 12.9. The van der Waals surface area contributed by atoms with Crippen LogP contribution in [0.5, 0.6) is 11.5 Å². The fourth-order valence-corrected chi connectivity index (χ4v) is 2.22. The average Bonchev–Trinajstić information content (AvgIpc) is 2.34. The smallest absolute Gasteiger partial charge is 0.146 e. The number of hydrogen-bond donors (Lipinski definition) is 1. The molecule has 2 rings (SSSR count). The predicted octanol–water partition coefficient (Wildman–Crippen LogP) is 5.09. The molecule has 2 nitrogen and oxygen atoms in total. The normalized spacial score (nSPS) is 12.3. The third-order valence-electron chi connectivity index (χ3n) is 2.55. The quantitative estimate of drug-likeness (QED) is 0.840. The van der Waals surface area contributed by atoms with Crippen LogP contribution < -0.4 is 4.74 Å². The summed E-state index contributed by atoms with van der Waals surface area (Å²) in [4.78, 5) is 0. The van der Waals surface area contributed by atoms with Gasteiger partial charge in [0.15, 0.2) is 0 Å². The molecule has 0 aliphatic rings. The number of rotatable bonds is 3. The van der Waals surface area contributed by atoms with Crippen LogP contribution in [0.15, 0.2) is 40.9 Å². The van der Waals surface area contributed by atoms with E-state index >= 15 is 0 Å². The molecule has 2 aromatic rings. The molecular formula is C14H11BrClFO2. The van der Waals surface area contributed by atoms with Gasteiger partial charge in [-0.1, -0.05) is 17.7 Å². The van der Waals surface area contributed by atoms with Crippen LogP contribution in [0.1, 0.15) is 18.6 Å². The maximum Gasteiger partial charge on any atom is 0.146 e. The Morgan fingerprint density at radius 2 is 1.89 bits per heavy atom. The van der Waals surface area contributed by atoms with E-state index in [1.54, 1.807) is 25.1 Å². The minimum atomic E-state index is -0.556. The molecule has 0 radical (unpaired) electrons. The summed E-state index contributed by atoms with van der Waals surface area (Å²) in [5.74, 6) is 0.493. The van der Waals surface area contributed by atoms with Crippen LogP contribution >= 0.6 is 27.5 Å². The Bertz CT molecular complexity index is 602. The summed E-state index contributed by atoms with van der Waals surface area (Å²) >= 11 is 9.25.